The van der Waals surface area contributed by atoms with Crippen LogP contribution in [0.5, 0.6) is 17.2 Å². The Hall–Kier alpha value is -7.16. The molecule has 2 aromatic carbocycles. The predicted octanol–water partition coefficient (Wildman–Crippen LogP) is 5.72. The van der Waals surface area contributed by atoms with Crippen LogP contribution in [0.3, 0.4) is 0 Å². The SMILES string of the molecule is CCc1c2c(nc3ccc(O)cc13)-c1cc3c(c(=O)n1C2)COC(=O)C3(CC)OC(=O)CCOCCOCCOCCN=CC(CCCOc1cc(OCCCc2c(C)n[nH]c2C)cc(C(=O)OC)c1)=NN. The Balaban J connectivity index is 0.771. The Morgan fingerprint density at radius 1 is 0.903 bits per heavy atom. The number of H-pyrrole nitrogens is 1. The molecule has 2 aliphatic rings. The van der Waals surface area contributed by atoms with E-state index in [1.165, 1.54) is 12.7 Å². The monoisotopic (exact) mass is 993 g/mol. The fourth-order valence-electron chi connectivity index (χ4n) is 8.90. The number of hydrogen-bond acceptors (Lipinski definition) is 18. The Kier molecular flexibility index (Phi) is 18.1. The van der Waals surface area contributed by atoms with E-state index in [1.54, 1.807) is 60.2 Å². The molecule has 1 atom stereocenters. The highest BCUT2D eigenvalue weighted by molar-refractivity contribution is 6.30. The number of pyridine rings is 2. The summed E-state index contributed by atoms with van der Waals surface area (Å²) >= 11 is 0. The molecule has 5 heterocycles. The maximum absolute atomic E-state index is 14.0. The quantitative estimate of drug-likeness (QED) is 0.0139. The van der Waals surface area contributed by atoms with Crippen molar-refractivity contribution in [3.63, 3.8) is 0 Å². The number of methoxy groups -OCH3 is 1. The number of phenols is 1. The molecule has 1 unspecified atom stereocenters. The van der Waals surface area contributed by atoms with Crippen LogP contribution in [0.1, 0.15) is 95.5 Å². The van der Waals surface area contributed by atoms with Crippen LogP contribution in [-0.4, -0.2) is 121 Å². The van der Waals surface area contributed by atoms with E-state index in [0.29, 0.717) is 104 Å². The summed E-state index contributed by atoms with van der Waals surface area (Å²) in [5, 5.41) is 22.1. The van der Waals surface area contributed by atoms with Gasteiger partial charge in [-0.25, -0.2) is 14.6 Å². The number of hydrogen-bond donors (Lipinski definition) is 3. The summed E-state index contributed by atoms with van der Waals surface area (Å²) in [6.07, 6.45) is 4.82. The topological polar surface area (TPSA) is 260 Å². The van der Waals surface area contributed by atoms with Gasteiger partial charge in [-0.1, -0.05) is 13.8 Å². The van der Waals surface area contributed by atoms with Gasteiger partial charge in [-0.3, -0.25) is 19.7 Å². The van der Waals surface area contributed by atoms with Crippen molar-refractivity contribution < 1.29 is 57.4 Å². The van der Waals surface area contributed by atoms with Gasteiger partial charge in [-0.15, -0.1) is 0 Å². The first-order valence-corrected chi connectivity index (χ1v) is 24.2. The lowest BCUT2D eigenvalue weighted by Gasteiger charge is -2.35. The van der Waals surface area contributed by atoms with Crippen molar-refractivity contribution in [2.24, 2.45) is 15.9 Å². The van der Waals surface area contributed by atoms with E-state index in [-0.39, 0.29) is 62.7 Å². The van der Waals surface area contributed by atoms with Gasteiger partial charge in [0.1, 0.15) is 23.9 Å². The summed E-state index contributed by atoms with van der Waals surface area (Å²) in [6.45, 7) is 10.3. The molecule has 72 heavy (non-hydrogen) atoms. The van der Waals surface area contributed by atoms with E-state index in [4.69, 9.17) is 48.7 Å². The summed E-state index contributed by atoms with van der Waals surface area (Å²) in [5.41, 5.74) is 6.12. The molecule has 0 fully saturated rings. The number of aromatic hydroxyl groups is 1. The van der Waals surface area contributed by atoms with E-state index in [0.717, 1.165) is 40.7 Å². The average Bonchev–Trinajstić information content (AvgIpc) is 3.91. The van der Waals surface area contributed by atoms with Crippen molar-refractivity contribution in [3.8, 4) is 28.6 Å². The average molecular weight is 994 g/mol. The van der Waals surface area contributed by atoms with Crippen molar-refractivity contribution in [3.05, 3.63) is 97.6 Å². The summed E-state index contributed by atoms with van der Waals surface area (Å²) in [5.74, 6) is 4.78. The maximum Gasteiger partial charge on any atom is 0.355 e. The maximum atomic E-state index is 14.0. The minimum Gasteiger partial charge on any atom is -0.508 e. The molecule has 7 rings (SSSR count). The lowest BCUT2D eigenvalue weighted by Crippen LogP contribution is -2.47. The number of carbonyl (C=O) groups excluding carboxylic acids is 3. The van der Waals surface area contributed by atoms with E-state index >= 15 is 0 Å². The van der Waals surface area contributed by atoms with E-state index in [1.807, 2.05) is 20.8 Å². The Labute approximate surface area is 416 Å². The number of hydrazone groups is 1. The number of aryl methyl sites for hydroxylation is 3. The van der Waals surface area contributed by atoms with Gasteiger partial charge >= 0.3 is 17.9 Å². The van der Waals surface area contributed by atoms with Gasteiger partial charge in [0.25, 0.3) is 5.56 Å². The summed E-state index contributed by atoms with van der Waals surface area (Å²) in [6, 6.07) is 11.7. The number of esters is 3. The molecule has 0 amide bonds. The second-order valence-corrected chi connectivity index (χ2v) is 17.3. The van der Waals surface area contributed by atoms with Crippen molar-refractivity contribution in [1.82, 2.24) is 19.7 Å². The highest BCUT2D eigenvalue weighted by Gasteiger charge is 2.50. The molecule has 0 radical (unpaired) electrons. The first-order valence-electron chi connectivity index (χ1n) is 24.2. The number of ether oxygens (including phenoxy) is 8. The lowest BCUT2D eigenvalue weighted by molar-refractivity contribution is -0.190. The molecule has 2 aliphatic heterocycles. The van der Waals surface area contributed by atoms with Crippen LogP contribution in [-0.2, 0) is 69.6 Å². The molecular formula is C52H63N7O13. The zero-order chi connectivity index (χ0) is 51.2. The normalized spacial score (nSPS) is 15.1. The van der Waals surface area contributed by atoms with E-state index in [9.17, 15) is 24.3 Å². The summed E-state index contributed by atoms with van der Waals surface area (Å²) in [7, 11) is 1.32. The first-order chi connectivity index (χ1) is 34.9. The van der Waals surface area contributed by atoms with Gasteiger partial charge in [-0.2, -0.15) is 10.2 Å². The summed E-state index contributed by atoms with van der Waals surface area (Å²) < 4.78 is 46.7. The number of phenolic OH excluding ortho intramolecular Hbond substituents is 1. The number of nitrogens with zero attached hydrogens (tertiary/aromatic N) is 5. The Bertz CT molecular complexity index is 2850. The Morgan fingerprint density at radius 3 is 2.31 bits per heavy atom. The number of aliphatic imine (C=N–C) groups is 1. The number of rotatable bonds is 27. The molecular weight excluding hydrogens is 931 g/mol. The van der Waals surface area contributed by atoms with Crippen LogP contribution >= 0.6 is 0 Å². The number of aromatic amines is 1. The van der Waals surface area contributed by atoms with E-state index < -0.39 is 23.5 Å². The van der Waals surface area contributed by atoms with Crippen molar-refractivity contribution in [1.29, 1.82) is 0 Å². The van der Waals surface area contributed by atoms with Gasteiger partial charge < -0.3 is 53.4 Å². The molecule has 3 aromatic heterocycles. The van der Waals surface area contributed by atoms with Crippen molar-refractivity contribution in [2.45, 2.75) is 91.4 Å². The third kappa shape index (κ3) is 12.3. The van der Waals surface area contributed by atoms with Crippen LogP contribution in [0.4, 0.5) is 0 Å². The molecule has 0 bridgehead atoms. The Morgan fingerprint density at radius 2 is 1.62 bits per heavy atom. The van der Waals surface area contributed by atoms with Gasteiger partial charge in [0.15, 0.2) is 0 Å². The number of nitrogens with two attached hydrogens (primary N) is 1. The van der Waals surface area contributed by atoms with Gasteiger partial charge in [0.2, 0.25) is 5.60 Å². The smallest absolute Gasteiger partial charge is 0.355 e. The summed E-state index contributed by atoms with van der Waals surface area (Å²) in [4.78, 5) is 62.3. The number of cyclic esters (lactones) is 1. The number of carbonyl (C=O) groups is 3. The standard InChI is InChI=1S/C52H63N7O13/c1-6-39-41-26-36(60)12-13-45(41)55-48-42(39)30-59-46(48)28-44-43(49(59)62)31-71-51(64)52(44,7-2)72-47(61)14-18-66-20-22-68-23-21-67-19-15-54-29-35(56-53)10-8-16-69-37-24-34(50(63)65-5)25-38(27-37)70-17-9-11-40-32(3)57-58-33(40)4/h12-13,24-29,60H,6-11,14-23,30-31,53H2,1-5H3,(H,57,58). The fourth-order valence-corrected chi connectivity index (χ4v) is 8.90. The molecule has 384 valence electrons. The number of fused-ring (bicyclic) bond motifs is 5. The molecule has 4 N–H and O–H groups in total. The fraction of sp³-hybridized carbons (Fsp3) is 0.462. The lowest BCUT2D eigenvalue weighted by atomic mass is 9.85. The van der Waals surface area contributed by atoms with Crippen LogP contribution in [0.25, 0.3) is 22.3 Å². The third-order valence-electron chi connectivity index (χ3n) is 12.6. The van der Waals surface area contributed by atoms with Crippen LogP contribution < -0.4 is 20.9 Å². The minimum absolute atomic E-state index is 0.0155. The largest absolute Gasteiger partial charge is 0.508 e. The van der Waals surface area contributed by atoms with Crippen LogP contribution in [0.2, 0.25) is 0 Å². The molecule has 0 aliphatic carbocycles. The molecule has 0 saturated heterocycles. The number of aromatic nitrogens is 4. The molecule has 0 spiro atoms. The van der Waals surface area contributed by atoms with Crippen LogP contribution in [0.15, 0.2) is 57.4 Å². The predicted molar refractivity (Wildman–Crippen MR) is 266 cm³/mol. The zero-order valence-corrected chi connectivity index (χ0v) is 41.5. The number of nitrogens with one attached hydrogen (secondary N) is 1. The molecule has 20 heteroatoms. The van der Waals surface area contributed by atoms with Gasteiger partial charge in [0.05, 0.1) is 119 Å². The highest BCUT2D eigenvalue weighted by atomic mass is 16.6. The molecule has 5 aromatic rings. The zero-order valence-electron chi connectivity index (χ0n) is 41.5. The van der Waals surface area contributed by atoms with E-state index in [2.05, 4.69) is 20.3 Å². The van der Waals surface area contributed by atoms with Crippen molar-refractivity contribution in [2.75, 3.05) is 66.5 Å². The van der Waals surface area contributed by atoms with Gasteiger partial charge in [0, 0.05) is 34.5 Å². The number of benzene rings is 2. The van der Waals surface area contributed by atoms with Gasteiger partial charge in [-0.05, 0) is 99.9 Å². The molecule has 20 nitrogen and oxygen atoms in total. The highest BCUT2D eigenvalue weighted by Crippen LogP contribution is 2.42. The second kappa shape index (κ2) is 24.8. The van der Waals surface area contributed by atoms with Crippen molar-refractivity contribution >= 4 is 40.7 Å². The third-order valence-corrected chi connectivity index (χ3v) is 12.6. The molecule has 0 saturated carbocycles. The van der Waals surface area contributed by atoms with Crippen LogP contribution in [0, 0.1) is 13.8 Å². The first kappa shape index (κ1) is 52.7. The minimum atomic E-state index is -1.82. The second-order valence-electron chi connectivity index (χ2n) is 17.3.